The number of rotatable bonds is 9. The summed E-state index contributed by atoms with van der Waals surface area (Å²) in [5.74, 6) is -0.832. The molecule has 228 valence electrons. The van der Waals surface area contributed by atoms with E-state index in [9.17, 15) is 19.2 Å². The van der Waals surface area contributed by atoms with Gasteiger partial charge in [-0.2, -0.15) is 5.10 Å². The van der Waals surface area contributed by atoms with Gasteiger partial charge in [0.2, 0.25) is 11.8 Å². The highest BCUT2D eigenvalue weighted by Gasteiger charge is 2.44. The second kappa shape index (κ2) is 10.9. The molecule has 0 spiro atoms. The quantitative estimate of drug-likeness (QED) is 0.209. The zero-order valence-corrected chi connectivity index (χ0v) is 24.7. The largest absolute Gasteiger partial charge is 0.385 e. The number of hydrogen-bond acceptors (Lipinski definition) is 8. The maximum Gasteiger partial charge on any atom is 0.262 e. The number of anilines is 1. The molecule has 3 fully saturated rings. The van der Waals surface area contributed by atoms with Crippen LogP contribution < -0.4 is 10.6 Å². The highest BCUT2D eigenvalue weighted by atomic mass is 16.2. The summed E-state index contributed by atoms with van der Waals surface area (Å²) in [6.07, 6.45) is 12.7. The zero-order valence-electron chi connectivity index (χ0n) is 24.7. The Hall–Kier alpha value is -4.93. The van der Waals surface area contributed by atoms with Gasteiger partial charge in [-0.3, -0.25) is 44.0 Å². The lowest BCUT2D eigenvalue weighted by atomic mass is 9.77. The van der Waals surface area contributed by atoms with Crippen molar-refractivity contribution in [1.29, 1.82) is 0 Å². The van der Waals surface area contributed by atoms with E-state index in [1.807, 2.05) is 24.5 Å². The average Bonchev–Trinajstić information content (AvgIpc) is 3.73. The van der Waals surface area contributed by atoms with Crippen LogP contribution in [0.5, 0.6) is 0 Å². The average molecular weight is 604 g/mol. The second-order valence-corrected chi connectivity index (χ2v) is 12.7. The van der Waals surface area contributed by atoms with Gasteiger partial charge < -0.3 is 5.32 Å². The SMILES string of the molecule is O=C1CCC(N2C(=O)c3ccc(NCCC[C@H]4C[C@H](n5cc(-c6nccc7cccnc67)c(C6CC6)n5)C4)cc3C2=O)C(=O)N1. The van der Waals surface area contributed by atoms with Crippen LogP contribution in [-0.4, -0.2) is 60.9 Å². The third-order valence-corrected chi connectivity index (χ3v) is 9.64. The molecule has 2 aliphatic heterocycles. The monoisotopic (exact) mass is 603 g/mol. The fourth-order valence-electron chi connectivity index (χ4n) is 6.99. The van der Waals surface area contributed by atoms with Crippen molar-refractivity contribution in [3.63, 3.8) is 0 Å². The van der Waals surface area contributed by atoms with E-state index in [2.05, 4.69) is 32.6 Å². The maximum atomic E-state index is 13.1. The number of piperidine rings is 1. The van der Waals surface area contributed by atoms with Crippen LogP contribution in [0.3, 0.4) is 0 Å². The highest BCUT2D eigenvalue weighted by molar-refractivity contribution is 6.23. The van der Waals surface area contributed by atoms with E-state index in [0.29, 0.717) is 17.9 Å². The Morgan fingerprint density at radius 2 is 1.76 bits per heavy atom. The van der Waals surface area contributed by atoms with Crippen LogP contribution in [0.25, 0.3) is 22.2 Å². The van der Waals surface area contributed by atoms with Crippen LogP contribution >= 0.6 is 0 Å². The minimum Gasteiger partial charge on any atom is -0.385 e. The lowest BCUT2D eigenvalue weighted by Crippen LogP contribution is -2.54. The van der Waals surface area contributed by atoms with Crippen molar-refractivity contribution >= 4 is 40.2 Å². The van der Waals surface area contributed by atoms with Crippen LogP contribution in [-0.2, 0) is 9.59 Å². The highest BCUT2D eigenvalue weighted by Crippen LogP contribution is 2.46. The molecule has 8 rings (SSSR count). The first-order valence-corrected chi connectivity index (χ1v) is 15.8. The van der Waals surface area contributed by atoms with E-state index in [4.69, 9.17) is 10.1 Å². The molecule has 2 N–H and O–H groups in total. The predicted molar refractivity (Wildman–Crippen MR) is 165 cm³/mol. The number of carbonyl (C=O) groups excluding carboxylic acids is 4. The summed E-state index contributed by atoms with van der Waals surface area (Å²) in [5, 5.41) is 11.8. The molecule has 11 nitrogen and oxygen atoms in total. The summed E-state index contributed by atoms with van der Waals surface area (Å²) < 4.78 is 2.17. The van der Waals surface area contributed by atoms with Crippen molar-refractivity contribution in [2.24, 2.45) is 5.92 Å². The van der Waals surface area contributed by atoms with Gasteiger partial charge in [-0.05, 0) is 81.2 Å². The Labute approximate surface area is 259 Å². The summed E-state index contributed by atoms with van der Waals surface area (Å²) in [6, 6.07) is 10.6. The van der Waals surface area contributed by atoms with Gasteiger partial charge in [0.25, 0.3) is 11.8 Å². The smallest absolute Gasteiger partial charge is 0.262 e. The number of hydrogen-bond donors (Lipinski definition) is 2. The van der Waals surface area contributed by atoms with E-state index in [-0.39, 0.29) is 29.9 Å². The molecule has 0 bridgehead atoms. The topological polar surface area (TPSA) is 139 Å². The molecule has 2 saturated carbocycles. The molecule has 1 unspecified atom stereocenters. The standard InChI is InChI=1S/C34H33N7O4/c42-28-10-9-27(32(43)38-28)41-33(44)24-8-7-22(17-25(24)34(41)45)35-12-1-3-19-15-23(16-19)40-18-26(29(39-40)21-5-6-21)31-30-20(11-14-37-31)4-2-13-36-30/h2,4,7-8,11,13-14,17-19,21,23,27,35H,1,3,5-6,9-10,12,15-16H2,(H,38,42,43)/t19-,23-,27?. The maximum absolute atomic E-state index is 13.1. The molecule has 2 aliphatic carbocycles. The lowest BCUT2D eigenvalue weighted by Gasteiger charge is -2.35. The van der Waals surface area contributed by atoms with E-state index < -0.39 is 23.8 Å². The first-order valence-electron chi connectivity index (χ1n) is 15.8. The predicted octanol–water partition coefficient (Wildman–Crippen LogP) is 4.62. The van der Waals surface area contributed by atoms with Crippen LogP contribution in [0.2, 0.25) is 0 Å². The number of nitrogens with one attached hydrogen (secondary N) is 2. The fraction of sp³-hybridized carbons (Fsp3) is 0.382. The summed E-state index contributed by atoms with van der Waals surface area (Å²) in [4.78, 5) is 60.2. The van der Waals surface area contributed by atoms with Gasteiger partial charge in [-0.25, -0.2) is 0 Å². The molecule has 4 aliphatic rings. The Morgan fingerprint density at radius 3 is 2.58 bits per heavy atom. The van der Waals surface area contributed by atoms with Crippen molar-refractivity contribution in [3.8, 4) is 11.3 Å². The van der Waals surface area contributed by atoms with E-state index in [1.54, 1.807) is 18.2 Å². The molecule has 4 aromatic rings. The minimum atomic E-state index is -0.960. The number of aromatic nitrogens is 4. The van der Waals surface area contributed by atoms with Gasteiger partial charge in [0.15, 0.2) is 0 Å². The number of benzene rings is 1. The molecule has 0 radical (unpaired) electrons. The number of imide groups is 2. The molecule has 45 heavy (non-hydrogen) atoms. The number of pyridine rings is 2. The number of carbonyl (C=O) groups is 4. The Morgan fingerprint density at radius 1 is 0.911 bits per heavy atom. The normalized spacial score (nSPS) is 22.8. The molecule has 5 heterocycles. The fourth-order valence-corrected chi connectivity index (χ4v) is 6.99. The van der Waals surface area contributed by atoms with Crippen molar-refractivity contribution in [1.82, 2.24) is 30.0 Å². The third kappa shape index (κ3) is 4.96. The van der Waals surface area contributed by atoms with Crippen LogP contribution in [0.1, 0.15) is 89.7 Å². The zero-order chi connectivity index (χ0) is 30.7. The molecule has 4 amide bonds. The Kier molecular flexibility index (Phi) is 6.69. The lowest BCUT2D eigenvalue weighted by molar-refractivity contribution is -0.136. The minimum absolute atomic E-state index is 0.100. The van der Waals surface area contributed by atoms with Crippen molar-refractivity contribution in [2.45, 2.75) is 69.4 Å². The van der Waals surface area contributed by atoms with Crippen molar-refractivity contribution < 1.29 is 19.2 Å². The van der Waals surface area contributed by atoms with Gasteiger partial charge in [0.05, 0.1) is 34.1 Å². The molecule has 1 atom stereocenters. The van der Waals surface area contributed by atoms with Gasteiger partial charge in [-0.15, -0.1) is 0 Å². The van der Waals surface area contributed by atoms with Crippen molar-refractivity contribution in [2.75, 3.05) is 11.9 Å². The number of nitrogens with zero attached hydrogens (tertiary/aromatic N) is 5. The van der Waals surface area contributed by atoms with Crippen LogP contribution in [0, 0.1) is 5.92 Å². The molecular weight excluding hydrogens is 570 g/mol. The molecule has 3 aromatic heterocycles. The van der Waals surface area contributed by atoms with E-state index >= 15 is 0 Å². The summed E-state index contributed by atoms with van der Waals surface area (Å²) in [7, 11) is 0. The van der Waals surface area contributed by atoms with Crippen molar-refractivity contribution in [3.05, 3.63) is 71.8 Å². The summed E-state index contributed by atoms with van der Waals surface area (Å²) in [5.41, 5.74) is 5.45. The Bertz CT molecular complexity index is 1870. The van der Waals surface area contributed by atoms with Crippen LogP contribution in [0.15, 0.2) is 55.0 Å². The van der Waals surface area contributed by atoms with E-state index in [0.717, 1.165) is 70.7 Å². The van der Waals surface area contributed by atoms with Crippen LogP contribution in [0.4, 0.5) is 5.69 Å². The third-order valence-electron chi connectivity index (χ3n) is 9.64. The number of fused-ring (bicyclic) bond motifs is 2. The number of amides is 4. The van der Waals surface area contributed by atoms with Gasteiger partial charge in [0, 0.05) is 54.1 Å². The first-order chi connectivity index (χ1) is 21.9. The van der Waals surface area contributed by atoms with Gasteiger partial charge >= 0.3 is 0 Å². The molecule has 1 aromatic carbocycles. The van der Waals surface area contributed by atoms with Gasteiger partial charge in [0.1, 0.15) is 6.04 Å². The molecule has 11 heteroatoms. The second-order valence-electron chi connectivity index (χ2n) is 12.7. The molecule has 1 saturated heterocycles. The van der Waals surface area contributed by atoms with E-state index in [1.165, 1.54) is 12.8 Å². The Balaban J connectivity index is 0.860. The summed E-state index contributed by atoms with van der Waals surface area (Å²) >= 11 is 0. The van der Waals surface area contributed by atoms with Gasteiger partial charge in [-0.1, -0.05) is 6.07 Å². The molecular formula is C34H33N7O4. The summed E-state index contributed by atoms with van der Waals surface area (Å²) in [6.45, 7) is 0.746. The first kappa shape index (κ1) is 27.6.